The van der Waals surface area contributed by atoms with E-state index in [0.29, 0.717) is 0 Å². The predicted octanol–water partition coefficient (Wildman–Crippen LogP) is 12.8. The Morgan fingerprint density at radius 3 is 1.62 bits per heavy atom. The highest BCUT2D eigenvalue weighted by molar-refractivity contribution is 6.11. The van der Waals surface area contributed by atoms with Gasteiger partial charge in [-0.05, 0) is 68.8 Å². The highest BCUT2D eigenvalue weighted by Crippen LogP contribution is 2.51. The van der Waals surface area contributed by atoms with E-state index in [4.69, 9.17) is 9.15 Å². The van der Waals surface area contributed by atoms with Gasteiger partial charge in [-0.15, -0.1) is 0 Å². The number of para-hydroxylation sites is 1. The Morgan fingerprint density at radius 2 is 0.980 bits per heavy atom. The summed E-state index contributed by atoms with van der Waals surface area (Å²) in [6.45, 7) is 0. The number of allylic oxidation sites excluding steroid dienone is 2. The van der Waals surface area contributed by atoms with Gasteiger partial charge in [0.1, 0.15) is 11.7 Å². The second-order valence-electron chi connectivity index (χ2n) is 13.2. The molecule has 7 aromatic carbocycles. The van der Waals surface area contributed by atoms with Crippen LogP contribution in [0.15, 0.2) is 186 Å². The molecule has 0 saturated carbocycles. The maximum absolute atomic E-state index is 6.80. The molecule has 10 rings (SSSR count). The molecule has 2 heteroatoms. The molecule has 2 heterocycles. The summed E-state index contributed by atoms with van der Waals surface area (Å²) in [7, 11) is 0. The summed E-state index contributed by atoms with van der Waals surface area (Å²) in [5.74, 6) is 1.01. The molecule has 0 bridgehead atoms. The van der Waals surface area contributed by atoms with E-state index in [-0.39, 0.29) is 12.0 Å². The lowest BCUT2D eigenvalue weighted by atomic mass is 9.84. The van der Waals surface area contributed by atoms with Crippen LogP contribution in [0.3, 0.4) is 0 Å². The van der Waals surface area contributed by atoms with Gasteiger partial charge in [-0.1, -0.05) is 158 Å². The maximum Gasteiger partial charge on any atom is 0.177 e. The first-order valence-electron chi connectivity index (χ1n) is 17.2. The van der Waals surface area contributed by atoms with E-state index < -0.39 is 0 Å². The third-order valence-corrected chi connectivity index (χ3v) is 10.3. The lowest BCUT2D eigenvalue weighted by molar-refractivity contribution is 0.278. The van der Waals surface area contributed by atoms with Crippen LogP contribution in [0.4, 0.5) is 0 Å². The van der Waals surface area contributed by atoms with Gasteiger partial charge in [0, 0.05) is 33.4 Å². The van der Waals surface area contributed by atoms with Crippen LogP contribution < -0.4 is 4.74 Å². The highest BCUT2D eigenvalue weighted by atomic mass is 16.5. The van der Waals surface area contributed by atoms with E-state index in [1.54, 1.807) is 0 Å². The summed E-state index contributed by atoms with van der Waals surface area (Å²) in [5, 5.41) is 2.18. The molecule has 1 aliphatic heterocycles. The average molecular weight is 641 g/mol. The van der Waals surface area contributed by atoms with Gasteiger partial charge in [0.15, 0.2) is 11.3 Å². The van der Waals surface area contributed by atoms with Crippen LogP contribution >= 0.6 is 0 Å². The van der Waals surface area contributed by atoms with Crippen molar-refractivity contribution >= 4 is 27.5 Å². The molecule has 0 N–H and O–H groups in total. The topological polar surface area (TPSA) is 22.4 Å². The Labute approximate surface area is 291 Å². The highest BCUT2D eigenvalue weighted by Gasteiger charge is 2.39. The van der Waals surface area contributed by atoms with Gasteiger partial charge in [0.2, 0.25) is 0 Å². The second-order valence-corrected chi connectivity index (χ2v) is 13.2. The quantitative estimate of drug-likeness (QED) is 0.187. The van der Waals surface area contributed by atoms with Crippen molar-refractivity contribution < 1.29 is 9.15 Å². The first kappa shape index (κ1) is 28.6. The molecule has 0 saturated heterocycles. The molecule has 0 spiro atoms. The molecular formula is C48H32O2. The second kappa shape index (κ2) is 11.6. The molecule has 1 aromatic heterocycles. The Bertz CT molecular complexity index is 2530. The fraction of sp³-hybridized carbons (Fsp3) is 0.0417. The molecule has 2 unspecified atom stereocenters. The van der Waals surface area contributed by atoms with Crippen LogP contribution in [-0.2, 0) is 0 Å². The summed E-state index contributed by atoms with van der Waals surface area (Å²) in [6, 6.07) is 58.4. The smallest absolute Gasteiger partial charge is 0.177 e. The Hall–Kier alpha value is -6.38. The summed E-state index contributed by atoms with van der Waals surface area (Å²) in [6.07, 6.45) is 6.52. The van der Waals surface area contributed by atoms with E-state index in [1.165, 1.54) is 50.1 Å². The molecule has 2 atom stereocenters. The number of hydrogen-bond donors (Lipinski definition) is 0. The minimum atomic E-state index is -0.0778. The van der Waals surface area contributed by atoms with Crippen molar-refractivity contribution in [2.24, 2.45) is 0 Å². The van der Waals surface area contributed by atoms with Gasteiger partial charge >= 0.3 is 0 Å². The van der Waals surface area contributed by atoms with Gasteiger partial charge in [0.05, 0.1) is 0 Å². The first-order valence-corrected chi connectivity index (χ1v) is 17.2. The van der Waals surface area contributed by atoms with E-state index in [0.717, 1.165) is 38.8 Å². The van der Waals surface area contributed by atoms with Gasteiger partial charge in [-0.3, -0.25) is 0 Å². The third kappa shape index (κ3) is 4.72. The molecular weight excluding hydrogens is 609 g/mol. The molecule has 8 aromatic rings. The van der Waals surface area contributed by atoms with E-state index >= 15 is 0 Å². The van der Waals surface area contributed by atoms with Crippen LogP contribution in [0.2, 0.25) is 0 Å². The Morgan fingerprint density at radius 1 is 0.420 bits per heavy atom. The van der Waals surface area contributed by atoms with E-state index in [1.807, 2.05) is 0 Å². The predicted molar refractivity (Wildman–Crippen MR) is 206 cm³/mol. The Kier molecular flexibility index (Phi) is 6.67. The molecule has 236 valence electrons. The monoisotopic (exact) mass is 640 g/mol. The Balaban J connectivity index is 1.03. The standard InChI is InChI=1S/C48H32O2/c1-4-12-31(13-5-1)36-28-37(32-14-6-2-7-15-32)30-38(29-36)33-22-24-35(25-23-33)40-19-11-21-42-44-27-26-43-41-20-10-18-39(34-16-8-3-9-17-34)45(41)49-47(43)48(44)50-46(40)42/h1-30,41,45H. The fourth-order valence-electron chi connectivity index (χ4n) is 7.78. The fourth-order valence-corrected chi connectivity index (χ4v) is 7.78. The molecule has 2 aliphatic rings. The van der Waals surface area contributed by atoms with Gasteiger partial charge in [0.25, 0.3) is 0 Å². The number of hydrogen-bond acceptors (Lipinski definition) is 2. The van der Waals surface area contributed by atoms with Crippen molar-refractivity contribution in [3.05, 3.63) is 193 Å². The number of ether oxygens (including phenoxy) is 1. The molecule has 50 heavy (non-hydrogen) atoms. The van der Waals surface area contributed by atoms with Gasteiger partial charge < -0.3 is 9.15 Å². The van der Waals surface area contributed by atoms with Crippen molar-refractivity contribution in [1.29, 1.82) is 0 Å². The molecule has 2 nitrogen and oxygen atoms in total. The summed E-state index contributed by atoms with van der Waals surface area (Å²) in [5.41, 5.74) is 14.6. The summed E-state index contributed by atoms with van der Waals surface area (Å²) >= 11 is 0. The largest absolute Gasteiger partial charge is 0.480 e. The summed E-state index contributed by atoms with van der Waals surface area (Å²) < 4.78 is 13.6. The van der Waals surface area contributed by atoms with Crippen molar-refractivity contribution in [2.75, 3.05) is 0 Å². The minimum absolute atomic E-state index is 0.0778. The van der Waals surface area contributed by atoms with Crippen molar-refractivity contribution in [2.45, 2.75) is 12.0 Å². The lowest BCUT2D eigenvalue weighted by Gasteiger charge is -2.22. The third-order valence-electron chi connectivity index (χ3n) is 10.3. The lowest BCUT2D eigenvalue weighted by Crippen LogP contribution is -2.21. The number of furan rings is 1. The molecule has 0 fully saturated rings. The van der Waals surface area contributed by atoms with Crippen molar-refractivity contribution in [1.82, 2.24) is 0 Å². The zero-order chi connectivity index (χ0) is 33.0. The molecule has 0 amide bonds. The number of fused-ring (bicyclic) bond motifs is 7. The average Bonchev–Trinajstić information content (AvgIpc) is 3.78. The number of benzene rings is 7. The SMILES string of the molecule is C1=CC2c3ccc4c(oc5c(-c6ccc(-c7cc(-c8ccccc8)cc(-c8ccccc8)c7)cc6)cccc54)c3OC2C(c2ccccc2)=C1. The molecule has 1 aliphatic carbocycles. The van der Waals surface area contributed by atoms with Crippen LogP contribution in [0.5, 0.6) is 5.75 Å². The van der Waals surface area contributed by atoms with Crippen molar-refractivity contribution in [3.8, 4) is 50.3 Å². The van der Waals surface area contributed by atoms with Crippen LogP contribution in [0, 0.1) is 0 Å². The maximum atomic E-state index is 6.80. The van der Waals surface area contributed by atoms with Crippen LogP contribution in [0.25, 0.3) is 72.0 Å². The van der Waals surface area contributed by atoms with Gasteiger partial charge in [-0.2, -0.15) is 0 Å². The van der Waals surface area contributed by atoms with Crippen LogP contribution in [-0.4, -0.2) is 6.10 Å². The van der Waals surface area contributed by atoms with E-state index in [9.17, 15) is 0 Å². The number of rotatable bonds is 5. The van der Waals surface area contributed by atoms with E-state index in [2.05, 4.69) is 182 Å². The normalized spacial score (nSPS) is 16.2. The van der Waals surface area contributed by atoms with Gasteiger partial charge in [-0.25, -0.2) is 0 Å². The minimum Gasteiger partial charge on any atom is -0.480 e. The first-order chi connectivity index (χ1) is 24.8. The zero-order valence-electron chi connectivity index (χ0n) is 27.3. The summed E-state index contributed by atoms with van der Waals surface area (Å²) in [4.78, 5) is 0. The van der Waals surface area contributed by atoms with Crippen molar-refractivity contribution in [3.63, 3.8) is 0 Å². The molecule has 0 radical (unpaired) electrons. The van der Waals surface area contributed by atoms with Crippen LogP contribution in [0.1, 0.15) is 17.0 Å². The zero-order valence-corrected chi connectivity index (χ0v) is 27.3.